The van der Waals surface area contributed by atoms with E-state index in [4.69, 9.17) is 0 Å². The molecule has 20 heavy (non-hydrogen) atoms. The van der Waals surface area contributed by atoms with Crippen molar-refractivity contribution >= 4 is 29.7 Å². The van der Waals surface area contributed by atoms with Crippen LogP contribution < -0.4 is 9.79 Å². The third-order valence-corrected chi connectivity index (χ3v) is 0. The summed E-state index contributed by atoms with van der Waals surface area (Å²) >= 11 is 7.28. The van der Waals surface area contributed by atoms with Gasteiger partial charge in [-0.2, -0.15) is 29.6 Å². The Hall–Kier alpha value is 2.79. The third-order valence-electron chi connectivity index (χ3n) is 0. The van der Waals surface area contributed by atoms with E-state index in [9.17, 15) is 9.79 Å². The predicted molar refractivity (Wildman–Crippen MR) is 82.2 cm³/mol. The van der Waals surface area contributed by atoms with Crippen LogP contribution in [-0.2, 0) is 82.5 Å². The molecular formula is C12H27O2PS2Zn3. The first kappa shape index (κ1) is 43.4. The quantitative estimate of drug-likeness (QED) is 0.225. The molecule has 0 aliphatic heterocycles. The van der Waals surface area contributed by atoms with Crippen molar-refractivity contribution in [1.82, 2.24) is 0 Å². The first-order valence-corrected chi connectivity index (χ1v) is 9.07. The Bertz CT molecular complexity index is 147. The molecule has 0 fully saturated rings. The molecule has 0 aromatic carbocycles. The Morgan fingerprint density at radius 3 is 0.750 bits per heavy atom. The van der Waals surface area contributed by atoms with Gasteiger partial charge < -0.3 is 48.5 Å². The van der Waals surface area contributed by atoms with E-state index in [1.807, 2.05) is 0 Å². The van der Waals surface area contributed by atoms with Crippen molar-refractivity contribution in [2.45, 2.75) is 41.5 Å². The molecule has 0 atom stereocenters. The van der Waals surface area contributed by atoms with Crippen LogP contribution in [0.4, 0.5) is 0 Å². The van der Waals surface area contributed by atoms with Crippen molar-refractivity contribution in [1.29, 1.82) is 0 Å². The van der Waals surface area contributed by atoms with Gasteiger partial charge in [-0.15, -0.1) is 0 Å². The van der Waals surface area contributed by atoms with E-state index in [-0.39, 0.29) is 58.4 Å². The van der Waals surface area contributed by atoms with Gasteiger partial charge in [0.05, 0.1) is 0 Å². The fourth-order valence-corrected chi connectivity index (χ4v) is 0. The van der Waals surface area contributed by atoms with Gasteiger partial charge in [-0.1, -0.05) is 41.5 Å². The van der Waals surface area contributed by atoms with Crippen LogP contribution in [0.25, 0.3) is 0 Å². The summed E-state index contributed by atoms with van der Waals surface area (Å²) in [7, 11) is 0. The molecule has 0 bridgehead atoms. The topological polar surface area (TPSA) is 46.1 Å². The average molecular weight is 495 g/mol. The Morgan fingerprint density at radius 2 is 0.750 bits per heavy atom. The third kappa shape index (κ3) is 1050. The van der Waals surface area contributed by atoms with E-state index in [0.717, 1.165) is 0 Å². The summed E-state index contributed by atoms with van der Waals surface area (Å²) in [6.45, 7) is 23.2. The van der Waals surface area contributed by atoms with Gasteiger partial charge in [0.1, 0.15) is 0 Å². The summed E-state index contributed by atoms with van der Waals surface area (Å²) in [6, 6.07) is 0. The van der Waals surface area contributed by atoms with Crippen LogP contribution >= 0.6 is 5.69 Å². The Kier molecular flexibility index (Phi) is 64.6. The molecule has 0 aromatic rings. The monoisotopic (exact) mass is 490 g/mol. The predicted octanol–water partition coefficient (Wildman–Crippen LogP) is 2.90. The number of hydrogen-bond acceptors (Lipinski definition) is 4. The van der Waals surface area contributed by atoms with Crippen molar-refractivity contribution in [3.8, 4) is 0 Å². The van der Waals surface area contributed by atoms with Crippen LogP contribution in [-0.4, -0.2) is 0 Å². The van der Waals surface area contributed by atoms with Crippen LogP contribution in [0, 0.1) is 38.5 Å². The average Bonchev–Trinajstić information content (AvgIpc) is 1.73. The first-order chi connectivity index (χ1) is 7.20. The zero-order valence-electron chi connectivity index (χ0n) is 14.1. The van der Waals surface area contributed by atoms with Gasteiger partial charge >= 0.3 is 58.4 Å². The van der Waals surface area contributed by atoms with Gasteiger partial charge in [-0.05, 0) is 0 Å². The van der Waals surface area contributed by atoms with Crippen molar-refractivity contribution < 1.29 is 68.2 Å². The molecule has 0 radical (unpaired) electrons. The normalized spacial score (nSPS) is 8.35. The maximum Gasteiger partial charge on any atom is 2.00 e. The van der Waals surface area contributed by atoms with E-state index in [1.54, 1.807) is 0 Å². The minimum Gasteiger partial charge on any atom is -0.850 e. The van der Waals surface area contributed by atoms with E-state index >= 15 is 0 Å². The van der Waals surface area contributed by atoms with E-state index in [2.05, 4.69) is 86.4 Å². The summed E-state index contributed by atoms with van der Waals surface area (Å²) in [4.78, 5) is 18.6. The maximum atomic E-state index is 9.29. The number of rotatable bonds is 0. The largest absolute Gasteiger partial charge is 2.00 e. The molecule has 0 heterocycles. The van der Waals surface area contributed by atoms with Gasteiger partial charge in [-0.3, -0.25) is 0 Å². The molecule has 0 spiro atoms. The second-order valence-corrected chi connectivity index (χ2v) is 9.10. The summed E-state index contributed by atoms with van der Waals surface area (Å²) in [5, 5.41) is 0. The van der Waals surface area contributed by atoms with E-state index in [0.29, 0.717) is 17.8 Å². The SMILES string of the molecule is [CH2-]C(C)C.[CH2-]C(C)C.[CH2-]C(C)C.[O-]P([O-])(=S)[S-].[Zn+2].[Zn+2].[Zn+2]. The number of hydrogen-bond donors (Lipinski definition) is 0. The molecule has 0 aliphatic carbocycles. The molecule has 0 N–H and O–H groups in total. The van der Waals surface area contributed by atoms with Crippen LogP contribution in [0.2, 0.25) is 0 Å². The van der Waals surface area contributed by atoms with Crippen molar-refractivity contribution in [3.05, 3.63) is 20.8 Å². The first-order valence-electron chi connectivity index (χ1n) is 5.42. The zero-order chi connectivity index (χ0) is 15.2. The van der Waals surface area contributed by atoms with Gasteiger partial charge in [0.25, 0.3) is 0 Å². The molecule has 0 saturated carbocycles. The van der Waals surface area contributed by atoms with E-state index < -0.39 is 5.69 Å². The van der Waals surface area contributed by atoms with Crippen LogP contribution in [0.15, 0.2) is 0 Å². The van der Waals surface area contributed by atoms with Crippen molar-refractivity contribution in [3.63, 3.8) is 0 Å². The van der Waals surface area contributed by atoms with E-state index in [1.165, 1.54) is 0 Å². The molecule has 0 unspecified atom stereocenters. The summed E-state index contributed by atoms with van der Waals surface area (Å²) in [6.07, 6.45) is 0. The zero-order valence-corrected chi connectivity index (χ0v) is 25.5. The molecule has 2 nitrogen and oxygen atoms in total. The van der Waals surface area contributed by atoms with Gasteiger partial charge in [0, 0.05) is 0 Å². The summed E-state index contributed by atoms with van der Waals surface area (Å²) in [5.74, 6) is 1.75. The Labute approximate surface area is 176 Å². The molecule has 0 amide bonds. The Balaban J connectivity index is -0.0000000216. The Morgan fingerprint density at radius 1 is 0.750 bits per heavy atom. The standard InChI is InChI=1S/3C4H9.H3O2PS2.3Zn/c3*1-4(2)3;1-3(2,4)5;;;/h3*4H,1H2,2-3H3;(H3,1,2,4,5);;;/q3*-1;;3*+2/p-3. The molecule has 8 heteroatoms. The van der Waals surface area contributed by atoms with Crippen molar-refractivity contribution in [2.24, 2.45) is 17.8 Å². The summed E-state index contributed by atoms with van der Waals surface area (Å²) in [5.41, 5.74) is -3.72. The molecular weight excluding hydrogens is 467 g/mol. The molecule has 0 aliphatic rings. The van der Waals surface area contributed by atoms with Gasteiger partial charge in [-0.25, -0.2) is 0 Å². The fraction of sp³-hybridized carbons (Fsp3) is 0.750. The smallest absolute Gasteiger partial charge is 0.850 e. The molecule has 0 rings (SSSR count). The summed E-state index contributed by atoms with van der Waals surface area (Å²) < 4.78 is 0. The maximum absolute atomic E-state index is 9.29. The molecule has 0 saturated heterocycles. The van der Waals surface area contributed by atoms with Crippen LogP contribution in [0.5, 0.6) is 0 Å². The van der Waals surface area contributed by atoms with Gasteiger partial charge in [0.15, 0.2) is 0 Å². The van der Waals surface area contributed by atoms with Gasteiger partial charge in [0.2, 0.25) is 0 Å². The second-order valence-electron chi connectivity index (χ2n) is 4.63. The fourth-order valence-electron chi connectivity index (χ4n) is 0. The van der Waals surface area contributed by atoms with Crippen LogP contribution in [0.1, 0.15) is 41.5 Å². The minimum atomic E-state index is -3.72. The minimum absolute atomic E-state index is 0. The molecule has 110 valence electrons. The molecule has 0 aromatic heterocycles. The van der Waals surface area contributed by atoms with Crippen LogP contribution in [0.3, 0.4) is 0 Å². The second kappa shape index (κ2) is 29.8. The van der Waals surface area contributed by atoms with Crippen molar-refractivity contribution in [2.75, 3.05) is 0 Å².